The summed E-state index contributed by atoms with van der Waals surface area (Å²) in [5, 5.41) is 23.7. The summed E-state index contributed by atoms with van der Waals surface area (Å²) >= 11 is 0. The van der Waals surface area contributed by atoms with Crippen LogP contribution in [0, 0.1) is 0 Å². The molecule has 0 spiro atoms. The number of hydrogen-bond donors (Lipinski definition) is 3. The Hall–Kier alpha value is -3.90. The minimum atomic E-state index is -5.08. The number of carboxylic acids is 2. The molecule has 3 aromatic rings. The number of rotatable bonds is 9. The fourth-order valence-corrected chi connectivity index (χ4v) is 3.65. The van der Waals surface area contributed by atoms with E-state index in [1.165, 1.54) is 11.8 Å². The Labute approximate surface area is 203 Å². The van der Waals surface area contributed by atoms with Crippen molar-refractivity contribution in [2.45, 2.75) is 57.0 Å². The molecule has 1 atom stereocenters. The normalized spacial score (nSPS) is 13.6. The number of carboxylic acid groups (broad SMARTS) is 2. The molecule has 0 aromatic carbocycles. The Balaban J connectivity index is 0.000000454. The third kappa shape index (κ3) is 8.10. The van der Waals surface area contributed by atoms with Crippen LogP contribution in [-0.2, 0) is 35.3 Å². The van der Waals surface area contributed by atoms with Crippen molar-refractivity contribution >= 4 is 17.8 Å². The van der Waals surface area contributed by atoms with Gasteiger partial charge in [-0.2, -0.15) is 18.2 Å². The van der Waals surface area contributed by atoms with Crippen LogP contribution in [0.1, 0.15) is 53.7 Å². The van der Waals surface area contributed by atoms with Gasteiger partial charge in [0.05, 0.1) is 18.9 Å². The molecule has 4 rings (SSSR count). The topological polar surface area (TPSA) is 152 Å². The number of hydrogen-bond acceptors (Lipinski definition) is 8. The molecule has 3 aromatic heterocycles. The number of furan rings is 1. The maximum atomic E-state index is 11.2. The second-order valence-corrected chi connectivity index (χ2v) is 8.16. The summed E-state index contributed by atoms with van der Waals surface area (Å²) in [6.45, 7) is 0.983. The van der Waals surface area contributed by atoms with Gasteiger partial charge in [-0.25, -0.2) is 9.78 Å². The van der Waals surface area contributed by atoms with Crippen LogP contribution < -0.4 is 5.32 Å². The third-order valence-corrected chi connectivity index (χ3v) is 5.39. The standard InChI is InChI=1S/C21H24N4O4.C2HF3O2/c26-20(27)12-16(15-8-10-28-13-15)11-19-24-18(25-29-19)5-1-4-17-7-6-14-3-2-9-22-21(14)23-17;3-2(4,5)1(6)7/h6-8,10,13,16H,1-5,9,11-12H2,(H,22,23)(H,26,27);(H,6,7). The highest BCUT2D eigenvalue weighted by Gasteiger charge is 2.38. The molecule has 10 nitrogen and oxygen atoms in total. The van der Waals surface area contributed by atoms with Gasteiger partial charge in [0.2, 0.25) is 5.89 Å². The summed E-state index contributed by atoms with van der Waals surface area (Å²) in [4.78, 5) is 29.2. The Bertz CT molecular complexity index is 1150. The van der Waals surface area contributed by atoms with Crippen molar-refractivity contribution in [1.29, 1.82) is 0 Å². The van der Waals surface area contributed by atoms with Crippen LogP contribution in [0.5, 0.6) is 0 Å². The molecule has 4 heterocycles. The average molecular weight is 510 g/mol. The highest BCUT2D eigenvalue weighted by atomic mass is 19.4. The van der Waals surface area contributed by atoms with E-state index in [0.717, 1.165) is 49.3 Å². The molecule has 3 N–H and O–H groups in total. The number of alkyl halides is 3. The number of aliphatic carboxylic acids is 2. The van der Waals surface area contributed by atoms with Crippen LogP contribution >= 0.6 is 0 Å². The smallest absolute Gasteiger partial charge is 0.481 e. The maximum Gasteiger partial charge on any atom is 0.490 e. The first-order chi connectivity index (χ1) is 17.1. The average Bonchev–Trinajstić information content (AvgIpc) is 3.51. The lowest BCUT2D eigenvalue weighted by Gasteiger charge is -2.17. The lowest BCUT2D eigenvalue weighted by molar-refractivity contribution is -0.192. The molecule has 0 saturated carbocycles. The molecule has 0 amide bonds. The number of aryl methyl sites for hydroxylation is 3. The van der Waals surface area contributed by atoms with Gasteiger partial charge >= 0.3 is 18.1 Å². The molecule has 13 heteroatoms. The summed E-state index contributed by atoms with van der Waals surface area (Å²) in [6, 6.07) is 6.02. The van der Waals surface area contributed by atoms with Gasteiger partial charge in [0.25, 0.3) is 0 Å². The molecule has 36 heavy (non-hydrogen) atoms. The Morgan fingerprint density at radius 3 is 2.58 bits per heavy atom. The fourth-order valence-electron chi connectivity index (χ4n) is 3.65. The van der Waals surface area contributed by atoms with E-state index < -0.39 is 18.1 Å². The van der Waals surface area contributed by atoms with Crippen LogP contribution in [0.2, 0.25) is 0 Å². The van der Waals surface area contributed by atoms with Gasteiger partial charge in [0, 0.05) is 31.0 Å². The lowest BCUT2D eigenvalue weighted by atomic mass is 9.95. The van der Waals surface area contributed by atoms with Gasteiger partial charge in [-0.15, -0.1) is 0 Å². The molecule has 0 aliphatic carbocycles. The summed E-state index contributed by atoms with van der Waals surface area (Å²) in [5.41, 5.74) is 3.17. The van der Waals surface area contributed by atoms with Crippen molar-refractivity contribution in [3.63, 3.8) is 0 Å². The Morgan fingerprint density at radius 1 is 1.14 bits per heavy atom. The Kier molecular flexibility index (Phi) is 9.03. The van der Waals surface area contributed by atoms with E-state index in [1.54, 1.807) is 12.3 Å². The third-order valence-electron chi connectivity index (χ3n) is 5.39. The molecular weight excluding hydrogens is 485 g/mol. The van der Waals surface area contributed by atoms with E-state index in [2.05, 4.69) is 27.6 Å². The second-order valence-electron chi connectivity index (χ2n) is 8.16. The summed E-state index contributed by atoms with van der Waals surface area (Å²) < 4.78 is 42.2. The van der Waals surface area contributed by atoms with E-state index in [-0.39, 0.29) is 12.3 Å². The fraction of sp³-hybridized carbons (Fsp3) is 0.435. The predicted molar refractivity (Wildman–Crippen MR) is 118 cm³/mol. The van der Waals surface area contributed by atoms with Crippen LogP contribution in [-0.4, -0.2) is 50.0 Å². The number of nitrogens with one attached hydrogen (secondary N) is 1. The van der Waals surface area contributed by atoms with Gasteiger partial charge in [0.1, 0.15) is 5.82 Å². The molecule has 0 saturated heterocycles. The van der Waals surface area contributed by atoms with Crippen molar-refractivity contribution in [1.82, 2.24) is 15.1 Å². The van der Waals surface area contributed by atoms with Crippen LogP contribution in [0.4, 0.5) is 19.0 Å². The number of halogens is 3. The van der Waals surface area contributed by atoms with E-state index in [9.17, 15) is 18.0 Å². The minimum Gasteiger partial charge on any atom is -0.481 e. The van der Waals surface area contributed by atoms with Crippen molar-refractivity contribution < 1.29 is 41.9 Å². The molecule has 0 bridgehead atoms. The highest BCUT2D eigenvalue weighted by molar-refractivity contribution is 5.73. The monoisotopic (exact) mass is 510 g/mol. The van der Waals surface area contributed by atoms with Crippen LogP contribution in [0.3, 0.4) is 0 Å². The van der Waals surface area contributed by atoms with Crippen molar-refractivity contribution in [2.75, 3.05) is 11.9 Å². The van der Waals surface area contributed by atoms with E-state index in [4.69, 9.17) is 28.9 Å². The Morgan fingerprint density at radius 2 is 1.92 bits per heavy atom. The van der Waals surface area contributed by atoms with Crippen molar-refractivity contribution in [3.8, 4) is 0 Å². The molecule has 0 fully saturated rings. The molecule has 1 aliphatic heterocycles. The number of pyridine rings is 1. The number of fused-ring (bicyclic) bond motifs is 1. The number of aromatic nitrogens is 3. The van der Waals surface area contributed by atoms with E-state index in [1.807, 2.05) is 0 Å². The quantitative estimate of drug-likeness (QED) is 0.385. The van der Waals surface area contributed by atoms with Gasteiger partial charge in [-0.05, 0) is 48.9 Å². The van der Waals surface area contributed by atoms with Crippen molar-refractivity contribution in [3.05, 3.63) is 59.3 Å². The number of nitrogens with zero attached hydrogens (tertiary/aromatic N) is 3. The summed E-state index contributed by atoms with van der Waals surface area (Å²) in [6.07, 6.45) is 3.00. The largest absolute Gasteiger partial charge is 0.490 e. The number of anilines is 1. The lowest BCUT2D eigenvalue weighted by Crippen LogP contribution is -2.21. The van der Waals surface area contributed by atoms with E-state index in [0.29, 0.717) is 24.6 Å². The first-order valence-electron chi connectivity index (χ1n) is 11.2. The molecule has 1 aliphatic rings. The maximum absolute atomic E-state index is 11.2. The number of carbonyl (C=O) groups is 2. The second kappa shape index (κ2) is 12.2. The predicted octanol–water partition coefficient (Wildman–Crippen LogP) is 4.03. The molecule has 0 radical (unpaired) electrons. The summed E-state index contributed by atoms with van der Waals surface area (Å²) in [7, 11) is 0. The van der Waals surface area contributed by atoms with Crippen LogP contribution in [0.15, 0.2) is 39.7 Å². The SMILES string of the molecule is O=C(O)C(F)(F)F.O=C(O)CC(Cc1nc(CCCc2ccc3c(n2)NCCC3)no1)c1ccoc1. The zero-order valence-corrected chi connectivity index (χ0v) is 19.1. The van der Waals surface area contributed by atoms with Gasteiger partial charge in [-0.3, -0.25) is 4.79 Å². The van der Waals surface area contributed by atoms with Gasteiger partial charge in [-0.1, -0.05) is 11.2 Å². The zero-order chi connectivity index (χ0) is 26.1. The first-order valence-corrected chi connectivity index (χ1v) is 11.2. The minimum absolute atomic E-state index is 0.0186. The van der Waals surface area contributed by atoms with Crippen molar-refractivity contribution in [2.24, 2.45) is 0 Å². The van der Waals surface area contributed by atoms with Gasteiger partial charge in [0.15, 0.2) is 5.82 Å². The van der Waals surface area contributed by atoms with Gasteiger partial charge < -0.3 is 24.5 Å². The molecule has 1 unspecified atom stereocenters. The van der Waals surface area contributed by atoms with E-state index >= 15 is 0 Å². The highest BCUT2D eigenvalue weighted by Crippen LogP contribution is 2.25. The van der Waals surface area contributed by atoms with Crippen LogP contribution in [0.25, 0.3) is 0 Å². The zero-order valence-electron chi connectivity index (χ0n) is 19.1. The molecular formula is C23H25F3N4O6. The first kappa shape index (κ1) is 26.7. The summed E-state index contributed by atoms with van der Waals surface area (Å²) in [5.74, 6) is -1.79. The molecule has 194 valence electrons.